The fourth-order valence-electron chi connectivity index (χ4n) is 1.67. The van der Waals surface area contributed by atoms with Crippen LogP contribution in [0.4, 0.5) is 0 Å². The Bertz CT molecular complexity index is 130. The van der Waals surface area contributed by atoms with Crippen LogP contribution in [0.25, 0.3) is 0 Å². The highest BCUT2D eigenvalue weighted by Crippen LogP contribution is 2.07. The van der Waals surface area contributed by atoms with E-state index in [1.165, 1.54) is 12.8 Å². The summed E-state index contributed by atoms with van der Waals surface area (Å²) >= 11 is 0. The molecule has 1 saturated heterocycles. The Labute approximate surface area is 74.8 Å². The molecule has 3 heteroatoms. The standard InChI is InChI=1S/C9H20N2O/c1-3-4-5-11(2)8-6-10-7-9(8)12/h8-10,12H,3-7H2,1-2H3. The van der Waals surface area contributed by atoms with Crippen molar-refractivity contribution in [3.05, 3.63) is 0 Å². The van der Waals surface area contributed by atoms with Crippen molar-refractivity contribution in [2.75, 3.05) is 26.7 Å². The Balaban J connectivity index is 2.25. The molecule has 0 aliphatic carbocycles. The van der Waals surface area contributed by atoms with Gasteiger partial charge in [0.2, 0.25) is 0 Å². The molecule has 2 unspecified atom stereocenters. The van der Waals surface area contributed by atoms with Crippen LogP contribution in [0.1, 0.15) is 19.8 Å². The molecular weight excluding hydrogens is 152 g/mol. The lowest BCUT2D eigenvalue weighted by Gasteiger charge is -2.25. The molecule has 2 atom stereocenters. The van der Waals surface area contributed by atoms with Crippen LogP contribution in [0.15, 0.2) is 0 Å². The molecule has 0 aromatic heterocycles. The molecule has 3 nitrogen and oxygen atoms in total. The van der Waals surface area contributed by atoms with Gasteiger partial charge < -0.3 is 10.4 Å². The van der Waals surface area contributed by atoms with E-state index in [0.29, 0.717) is 6.04 Å². The molecule has 0 bridgehead atoms. The number of β-amino-alcohol motifs (C(OH)–C–C–N with tert-alkyl or cyclic N) is 1. The normalized spacial score (nSPS) is 30.0. The quantitative estimate of drug-likeness (QED) is 0.629. The van der Waals surface area contributed by atoms with E-state index < -0.39 is 0 Å². The van der Waals surface area contributed by atoms with Gasteiger partial charge >= 0.3 is 0 Å². The van der Waals surface area contributed by atoms with Gasteiger partial charge in [0.15, 0.2) is 0 Å². The van der Waals surface area contributed by atoms with E-state index in [9.17, 15) is 5.11 Å². The summed E-state index contributed by atoms with van der Waals surface area (Å²) in [5.41, 5.74) is 0. The summed E-state index contributed by atoms with van der Waals surface area (Å²) in [6.07, 6.45) is 2.27. The molecule has 0 amide bonds. The van der Waals surface area contributed by atoms with Gasteiger partial charge in [-0.05, 0) is 20.0 Å². The van der Waals surface area contributed by atoms with Gasteiger partial charge in [-0.15, -0.1) is 0 Å². The van der Waals surface area contributed by atoms with Crippen LogP contribution in [-0.2, 0) is 0 Å². The molecule has 1 aliphatic rings. The number of hydrogen-bond acceptors (Lipinski definition) is 3. The monoisotopic (exact) mass is 172 g/mol. The minimum absolute atomic E-state index is 0.174. The number of aliphatic hydroxyl groups excluding tert-OH is 1. The Kier molecular flexibility index (Phi) is 3.98. The number of unbranched alkanes of at least 4 members (excludes halogenated alkanes) is 1. The van der Waals surface area contributed by atoms with Crippen molar-refractivity contribution in [1.82, 2.24) is 10.2 Å². The van der Waals surface area contributed by atoms with E-state index in [4.69, 9.17) is 0 Å². The van der Waals surface area contributed by atoms with Crippen molar-refractivity contribution in [2.45, 2.75) is 31.9 Å². The third-order valence-corrected chi connectivity index (χ3v) is 2.58. The lowest BCUT2D eigenvalue weighted by atomic mass is 10.2. The molecule has 72 valence electrons. The van der Waals surface area contributed by atoms with Crippen LogP contribution in [0.2, 0.25) is 0 Å². The molecule has 1 rings (SSSR count). The van der Waals surface area contributed by atoms with Crippen molar-refractivity contribution in [2.24, 2.45) is 0 Å². The van der Waals surface area contributed by atoms with Crippen LogP contribution in [0.5, 0.6) is 0 Å². The minimum Gasteiger partial charge on any atom is -0.390 e. The average molecular weight is 172 g/mol. The first kappa shape index (κ1) is 9.96. The fourth-order valence-corrected chi connectivity index (χ4v) is 1.67. The topological polar surface area (TPSA) is 35.5 Å². The zero-order valence-electron chi connectivity index (χ0n) is 8.08. The predicted octanol–water partition coefficient (Wildman–Crippen LogP) is 0.0510. The first-order valence-corrected chi connectivity index (χ1v) is 4.84. The summed E-state index contributed by atoms with van der Waals surface area (Å²) in [5.74, 6) is 0. The second-order valence-corrected chi connectivity index (χ2v) is 3.63. The second-order valence-electron chi connectivity index (χ2n) is 3.63. The van der Waals surface area contributed by atoms with Crippen molar-refractivity contribution in [3.63, 3.8) is 0 Å². The lowest BCUT2D eigenvalue weighted by Crippen LogP contribution is -2.41. The first-order chi connectivity index (χ1) is 5.75. The molecule has 1 fully saturated rings. The molecule has 0 aromatic rings. The third-order valence-electron chi connectivity index (χ3n) is 2.58. The van der Waals surface area contributed by atoms with E-state index in [0.717, 1.165) is 19.6 Å². The van der Waals surface area contributed by atoms with Crippen LogP contribution in [0.3, 0.4) is 0 Å². The van der Waals surface area contributed by atoms with E-state index in [1.54, 1.807) is 0 Å². The number of rotatable bonds is 4. The highest BCUT2D eigenvalue weighted by atomic mass is 16.3. The molecule has 0 radical (unpaired) electrons. The molecule has 0 saturated carbocycles. The van der Waals surface area contributed by atoms with Gasteiger partial charge in [-0.2, -0.15) is 0 Å². The average Bonchev–Trinajstić information content (AvgIpc) is 2.47. The zero-order chi connectivity index (χ0) is 8.97. The molecular formula is C9H20N2O. The zero-order valence-corrected chi connectivity index (χ0v) is 8.08. The van der Waals surface area contributed by atoms with Crippen LogP contribution < -0.4 is 5.32 Å². The number of aliphatic hydroxyl groups is 1. The molecule has 1 aliphatic heterocycles. The predicted molar refractivity (Wildman–Crippen MR) is 50.2 cm³/mol. The number of likely N-dealkylation sites (N-methyl/N-ethyl adjacent to an activating group) is 1. The van der Waals surface area contributed by atoms with E-state index in [1.807, 2.05) is 0 Å². The number of hydrogen-bond donors (Lipinski definition) is 2. The van der Waals surface area contributed by atoms with E-state index in [-0.39, 0.29) is 6.10 Å². The van der Waals surface area contributed by atoms with Gasteiger partial charge in [-0.1, -0.05) is 13.3 Å². The third kappa shape index (κ3) is 2.44. The van der Waals surface area contributed by atoms with Gasteiger partial charge in [0.25, 0.3) is 0 Å². The highest BCUT2D eigenvalue weighted by molar-refractivity contribution is 4.86. The minimum atomic E-state index is -0.174. The maximum Gasteiger partial charge on any atom is 0.0831 e. The van der Waals surface area contributed by atoms with Gasteiger partial charge in [0.05, 0.1) is 6.10 Å². The second kappa shape index (κ2) is 4.80. The van der Waals surface area contributed by atoms with Crippen LogP contribution >= 0.6 is 0 Å². The van der Waals surface area contributed by atoms with Gasteiger partial charge in [-0.3, -0.25) is 4.90 Å². The van der Waals surface area contributed by atoms with E-state index >= 15 is 0 Å². The summed E-state index contributed by atoms with van der Waals surface area (Å²) in [7, 11) is 2.09. The fraction of sp³-hybridized carbons (Fsp3) is 1.00. The van der Waals surface area contributed by atoms with Crippen LogP contribution in [0, 0.1) is 0 Å². The van der Waals surface area contributed by atoms with Crippen molar-refractivity contribution >= 4 is 0 Å². The Morgan fingerprint density at radius 2 is 2.25 bits per heavy atom. The van der Waals surface area contributed by atoms with E-state index in [2.05, 4.69) is 24.2 Å². The first-order valence-electron chi connectivity index (χ1n) is 4.84. The summed E-state index contributed by atoms with van der Waals surface area (Å²) < 4.78 is 0. The van der Waals surface area contributed by atoms with Crippen molar-refractivity contribution in [3.8, 4) is 0 Å². The molecule has 1 heterocycles. The van der Waals surface area contributed by atoms with Crippen molar-refractivity contribution < 1.29 is 5.11 Å². The lowest BCUT2D eigenvalue weighted by molar-refractivity contribution is 0.0987. The Morgan fingerprint density at radius 1 is 1.50 bits per heavy atom. The summed E-state index contributed by atoms with van der Waals surface area (Å²) in [4.78, 5) is 2.26. The molecule has 2 N–H and O–H groups in total. The maximum atomic E-state index is 9.55. The highest BCUT2D eigenvalue weighted by Gasteiger charge is 2.27. The maximum absolute atomic E-state index is 9.55. The molecule has 0 spiro atoms. The summed E-state index contributed by atoms with van der Waals surface area (Å²) in [6.45, 7) is 4.97. The number of nitrogens with one attached hydrogen (secondary N) is 1. The summed E-state index contributed by atoms with van der Waals surface area (Å²) in [6, 6.07) is 0.330. The smallest absolute Gasteiger partial charge is 0.0831 e. The molecule has 0 aromatic carbocycles. The Morgan fingerprint density at radius 3 is 2.75 bits per heavy atom. The summed E-state index contributed by atoms with van der Waals surface area (Å²) in [5, 5.41) is 12.7. The SMILES string of the molecule is CCCCN(C)C1CNCC1O. The molecule has 12 heavy (non-hydrogen) atoms. The van der Waals surface area contributed by atoms with Gasteiger partial charge in [0.1, 0.15) is 0 Å². The Hall–Kier alpha value is -0.120. The van der Waals surface area contributed by atoms with Crippen LogP contribution in [-0.4, -0.2) is 48.8 Å². The van der Waals surface area contributed by atoms with Gasteiger partial charge in [-0.25, -0.2) is 0 Å². The van der Waals surface area contributed by atoms with Gasteiger partial charge in [0, 0.05) is 19.1 Å². The van der Waals surface area contributed by atoms with Crippen molar-refractivity contribution in [1.29, 1.82) is 0 Å². The largest absolute Gasteiger partial charge is 0.390 e. The number of nitrogens with zero attached hydrogens (tertiary/aromatic N) is 1.